The summed E-state index contributed by atoms with van der Waals surface area (Å²) in [7, 11) is 5.42. The van der Waals surface area contributed by atoms with E-state index in [2.05, 4.69) is 5.32 Å². The lowest BCUT2D eigenvalue weighted by atomic mass is 9.88. The fraction of sp³-hybridized carbons (Fsp3) is 0.765. The van der Waals surface area contributed by atoms with Gasteiger partial charge in [0.05, 0.1) is 30.8 Å². The Morgan fingerprint density at radius 3 is 2.53 bits per heavy atom. The molecule has 0 aromatic carbocycles. The zero-order valence-corrected chi connectivity index (χ0v) is 28.8. The van der Waals surface area contributed by atoms with E-state index in [-0.39, 0.29) is 43.1 Å². The molecule has 11 nitrogen and oxygen atoms in total. The van der Waals surface area contributed by atoms with Crippen LogP contribution in [0.5, 0.6) is 0 Å². The van der Waals surface area contributed by atoms with E-state index in [0.717, 1.165) is 6.42 Å². The number of allylic oxidation sites excluding steroid dienone is 2. The summed E-state index contributed by atoms with van der Waals surface area (Å²) in [5.41, 5.74) is -0.793. The van der Waals surface area contributed by atoms with Crippen molar-refractivity contribution in [1.82, 2.24) is 10.2 Å². The third-order valence-electron chi connectivity index (χ3n) is 8.50. The van der Waals surface area contributed by atoms with E-state index in [4.69, 9.17) is 14.2 Å². The lowest BCUT2D eigenvalue weighted by molar-refractivity contribution is -0.151. The maximum absolute atomic E-state index is 12.8. The van der Waals surface area contributed by atoms with Crippen molar-refractivity contribution in [2.45, 2.75) is 116 Å². The number of rotatable bonds is 14. The maximum Gasteiger partial charge on any atom is 0.407 e. The number of nitrogens with one attached hydrogen (secondary N) is 1. The van der Waals surface area contributed by atoms with Crippen molar-refractivity contribution in [3.05, 3.63) is 36.0 Å². The first kappa shape index (κ1) is 40.7. The Morgan fingerprint density at radius 2 is 1.93 bits per heavy atom. The number of nitrogens with zero attached hydrogens (tertiary/aromatic N) is 1. The second-order valence-corrected chi connectivity index (χ2v) is 13.1. The molecule has 10 atom stereocenters. The number of alkyl carbamates (subject to hydrolysis) is 1. The lowest BCUT2D eigenvalue weighted by Crippen LogP contribution is -2.45. The average molecular weight is 641 g/mol. The van der Waals surface area contributed by atoms with Crippen molar-refractivity contribution in [1.29, 1.82) is 0 Å². The van der Waals surface area contributed by atoms with Crippen LogP contribution in [0.3, 0.4) is 0 Å². The Kier molecular flexibility index (Phi) is 18.2. The van der Waals surface area contributed by atoms with E-state index < -0.39 is 48.2 Å². The molecule has 45 heavy (non-hydrogen) atoms. The van der Waals surface area contributed by atoms with Crippen molar-refractivity contribution in [2.75, 3.05) is 34.3 Å². The summed E-state index contributed by atoms with van der Waals surface area (Å²) < 4.78 is 16.9. The minimum absolute atomic E-state index is 0.00675. The third kappa shape index (κ3) is 14.8. The van der Waals surface area contributed by atoms with Crippen molar-refractivity contribution in [2.24, 2.45) is 17.8 Å². The zero-order valence-electron chi connectivity index (χ0n) is 28.8. The number of methoxy groups -OCH3 is 1. The van der Waals surface area contributed by atoms with Gasteiger partial charge >= 0.3 is 12.1 Å². The van der Waals surface area contributed by atoms with Crippen molar-refractivity contribution < 1.29 is 44.2 Å². The first-order valence-electron chi connectivity index (χ1n) is 16.1. The predicted molar refractivity (Wildman–Crippen MR) is 174 cm³/mol. The number of esters is 1. The summed E-state index contributed by atoms with van der Waals surface area (Å²) in [4.78, 5) is 27.2. The molecular weight excluding hydrogens is 580 g/mol. The smallest absolute Gasteiger partial charge is 0.407 e. The van der Waals surface area contributed by atoms with Gasteiger partial charge in [-0.2, -0.15) is 0 Å². The molecule has 0 aliphatic carbocycles. The van der Waals surface area contributed by atoms with Gasteiger partial charge in [-0.15, -0.1) is 0 Å². The topological polar surface area (TPSA) is 158 Å². The summed E-state index contributed by atoms with van der Waals surface area (Å²) in [6, 6.07) is 0. The number of carbonyl (C=O) groups is 2. The standard InChI is InChI=1S/C34H60N2O9/c1-10-28(43-9)25(5)20-27(38)31(40)22(2)12-11-13-23(3)32-24(4)14-15-29(44-33(41)35-18-19-36(7)8)34(6,42)17-16-26(37)21-30(39)45-32/h11-15,22,24-29,31-32,37-38,40,42H,10,16-21H2,1-9H3,(H,35,41)/b12-11+,15-14+,23-13+. The Bertz CT molecular complexity index is 977. The molecule has 0 saturated carbocycles. The van der Waals surface area contributed by atoms with Crippen molar-refractivity contribution >= 4 is 12.1 Å². The fourth-order valence-electron chi connectivity index (χ4n) is 5.40. The summed E-state index contributed by atoms with van der Waals surface area (Å²) in [5.74, 6) is -1.22. The molecule has 0 fully saturated rings. The number of cyclic esters (lactones) is 1. The van der Waals surface area contributed by atoms with Crippen LogP contribution in [0, 0.1) is 17.8 Å². The molecule has 1 aliphatic rings. The van der Waals surface area contributed by atoms with Crippen LogP contribution in [0.25, 0.3) is 0 Å². The number of likely N-dealkylation sites (N-methyl/N-ethyl adjacent to an activating group) is 1. The van der Waals surface area contributed by atoms with E-state index in [1.807, 2.05) is 53.6 Å². The largest absolute Gasteiger partial charge is 0.457 e. The van der Waals surface area contributed by atoms with Gasteiger partial charge in [-0.3, -0.25) is 4.79 Å². The molecule has 0 saturated heterocycles. The molecule has 1 aliphatic heterocycles. The summed E-state index contributed by atoms with van der Waals surface area (Å²) in [6.45, 7) is 12.0. The van der Waals surface area contributed by atoms with Gasteiger partial charge < -0.3 is 44.9 Å². The first-order valence-corrected chi connectivity index (χ1v) is 16.1. The highest BCUT2D eigenvalue weighted by molar-refractivity contribution is 5.70. The van der Waals surface area contributed by atoms with Gasteiger partial charge in [0, 0.05) is 32.0 Å². The summed E-state index contributed by atoms with van der Waals surface area (Å²) in [6.07, 6.45) is 4.51. The van der Waals surface area contributed by atoms with E-state index >= 15 is 0 Å². The van der Waals surface area contributed by atoms with Gasteiger partial charge in [0.15, 0.2) is 6.10 Å². The molecule has 0 aromatic heterocycles. The highest BCUT2D eigenvalue weighted by Gasteiger charge is 2.35. The van der Waals surface area contributed by atoms with Gasteiger partial charge in [0.1, 0.15) is 11.7 Å². The molecule has 5 N–H and O–H groups in total. The Morgan fingerprint density at radius 1 is 1.27 bits per heavy atom. The van der Waals surface area contributed by atoms with E-state index in [1.165, 1.54) is 6.92 Å². The van der Waals surface area contributed by atoms with Gasteiger partial charge in [-0.05, 0) is 71.2 Å². The number of hydrogen-bond donors (Lipinski definition) is 5. The quantitative estimate of drug-likeness (QED) is 0.108. The molecule has 0 radical (unpaired) electrons. The molecule has 10 unspecified atom stereocenters. The van der Waals surface area contributed by atoms with E-state index in [1.54, 1.807) is 37.5 Å². The van der Waals surface area contributed by atoms with Crippen LogP contribution in [-0.2, 0) is 19.0 Å². The van der Waals surface area contributed by atoms with Crippen LogP contribution in [0.4, 0.5) is 4.79 Å². The Hall–Kier alpha value is -2.28. The normalized spacial score (nSPS) is 29.6. The second-order valence-electron chi connectivity index (χ2n) is 13.1. The monoisotopic (exact) mass is 640 g/mol. The fourth-order valence-corrected chi connectivity index (χ4v) is 5.40. The van der Waals surface area contributed by atoms with Gasteiger partial charge in [0.2, 0.25) is 0 Å². The number of hydrogen-bond acceptors (Lipinski definition) is 10. The summed E-state index contributed by atoms with van der Waals surface area (Å²) in [5, 5.41) is 45.8. The molecule has 1 amide bonds. The van der Waals surface area contributed by atoms with E-state index in [9.17, 15) is 30.0 Å². The molecule has 260 valence electrons. The van der Waals surface area contributed by atoms with Crippen LogP contribution in [0.1, 0.15) is 73.6 Å². The highest BCUT2D eigenvalue weighted by Crippen LogP contribution is 2.27. The van der Waals surface area contributed by atoms with Crippen LogP contribution in [0.15, 0.2) is 36.0 Å². The minimum atomic E-state index is -1.50. The van der Waals surface area contributed by atoms with Gasteiger partial charge in [-0.25, -0.2) is 4.79 Å². The second kappa shape index (κ2) is 20.1. The van der Waals surface area contributed by atoms with Crippen LogP contribution in [0.2, 0.25) is 0 Å². The van der Waals surface area contributed by atoms with Gasteiger partial charge in [0.25, 0.3) is 0 Å². The molecule has 1 rings (SSSR count). The van der Waals surface area contributed by atoms with Gasteiger partial charge in [-0.1, -0.05) is 52.0 Å². The molecule has 11 heteroatoms. The molecule has 0 spiro atoms. The average Bonchev–Trinajstić information content (AvgIpc) is 2.96. The summed E-state index contributed by atoms with van der Waals surface area (Å²) >= 11 is 0. The highest BCUT2D eigenvalue weighted by atomic mass is 16.6. The van der Waals surface area contributed by atoms with Crippen LogP contribution < -0.4 is 5.32 Å². The molecule has 0 bridgehead atoms. The SMILES string of the molecule is CCC(OC)C(C)CC(O)C(O)C(C)/C=C/C=C(\C)C1OC(=O)CC(O)CCC(C)(O)C(OC(=O)NCCN(C)C)/C=C/C1C. The van der Waals surface area contributed by atoms with Crippen molar-refractivity contribution in [3.8, 4) is 0 Å². The number of aliphatic hydroxyl groups excluding tert-OH is 3. The van der Waals surface area contributed by atoms with Crippen LogP contribution >= 0.6 is 0 Å². The Labute approximate surface area is 270 Å². The lowest BCUT2D eigenvalue weighted by Gasteiger charge is -2.32. The predicted octanol–water partition coefficient (Wildman–Crippen LogP) is 3.35. The Balaban J connectivity index is 3.13. The number of carbonyl (C=O) groups excluding carboxylic acids is 2. The van der Waals surface area contributed by atoms with E-state index in [0.29, 0.717) is 25.1 Å². The molecule has 0 aromatic rings. The maximum atomic E-state index is 12.8. The van der Waals surface area contributed by atoms with Crippen LogP contribution in [-0.4, -0.2) is 114 Å². The minimum Gasteiger partial charge on any atom is -0.457 e. The number of amides is 1. The number of aliphatic hydroxyl groups is 4. The zero-order chi connectivity index (χ0) is 34.3. The van der Waals surface area contributed by atoms with Crippen molar-refractivity contribution in [3.63, 3.8) is 0 Å². The third-order valence-corrected chi connectivity index (χ3v) is 8.50. The first-order chi connectivity index (χ1) is 21.0. The number of ether oxygens (including phenoxy) is 3. The molecule has 1 heterocycles. The molecular formula is C34H60N2O9.